The van der Waals surface area contributed by atoms with Crippen LogP contribution in [0.4, 0.5) is 0 Å². The number of nitrogens with zero attached hydrogens (tertiary/aromatic N) is 2. The topological polar surface area (TPSA) is 23.6 Å². The molecule has 0 radical (unpaired) electrons. The van der Waals surface area contributed by atoms with Crippen LogP contribution in [-0.4, -0.2) is 48.9 Å². The number of amides is 1. The van der Waals surface area contributed by atoms with Crippen molar-refractivity contribution < 1.29 is 4.79 Å². The van der Waals surface area contributed by atoms with Gasteiger partial charge in [0.1, 0.15) is 0 Å². The fraction of sp³-hybridized carbons (Fsp3) is 0.938. The monoisotopic (exact) mass is 266 g/mol. The second-order valence-electron chi connectivity index (χ2n) is 6.91. The molecule has 0 aromatic carbocycles. The fourth-order valence-corrected chi connectivity index (χ4v) is 3.46. The summed E-state index contributed by atoms with van der Waals surface area (Å²) in [5, 5.41) is 0. The van der Waals surface area contributed by atoms with Gasteiger partial charge in [0.25, 0.3) is 0 Å². The van der Waals surface area contributed by atoms with Gasteiger partial charge < -0.3 is 9.80 Å². The number of piperidine rings is 2. The minimum absolute atomic E-state index is 0.414. The molecular formula is C16H30N2O. The predicted octanol–water partition coefficient (Wildman–Crippen LogP) is 2.61. The number of hydrogen-bond donors (Lipinski definition) is 0. The Morgan fingerprint density at radius 2 is 1.63 bits per heavy atom. The maximum Gasteiger partial charge on any atom is 0.222 e. The van der Waals surface area contributed by atoms with Gasteiger partial charge in [-0.2, -0.15) is 0 Å². The van der Waals surface area contributed by atoms with Gasteiger partial charge >= 0.3 is 0 Å². The predicted molar refractivity (Wildman–Crippen MR) is 79.0 cm³/mol. The molecule has 2 aliphatic heterocycles. The molecule has 0 unspecified atom stereocenters. The summed E-state index contributed by atoms with van der Waals surface area (Å²) in [7, 11) is 2.18. The average molecular weight is 266 g/mol. The average Bonchev–Trinajstić information content (AvgIpc) is 2.41. The van der Waals surface area contributed by atoms with Gasteiger partial charge in [0.05, 0.1) is 0 Å². The molecule has 0 spiro atoms. The van der Waals surface area contributed by atoms with Crippen molar-refractivity contribution in [2.24, 2.45) is 17.8 Å². The summed E-state index contributed by atoms with van der Waals surface area (Å²) in [5.74, 6) is 2.64. The van der Waals surface area contributed by atoms with Crippen LogP contribution in [0.15, 0.2) is 0 Å². The van der Waals surface area contributed by atoms with E-state index in [1.807, 2.05) is 0 Å². The first-order chi connectivity index (χ1) is 9.06. The highest BCUT2D eigenvalue weighted by Crippen LogP contribution is 2.26. The Labute approximate surface area is 118 Å². The van der Waals surface area contributed by atoms with E-state index in [9.17, 15) is 4.79 Å². The molecule has 0 N–H and O–H groups in total. The number of likely N-dealkylation sites (tertiary alicyclic amines) is 2. The molecule has 2 heterocycles. The van der Waals surface area contributed by atoms with E-state index in [4.69, 9.17) is 0 Å². The van der Waals surface area contributed by atoms with Crippen LogP contribution in [0.1, 0.15) is 46.0 Å². The summed E-state index contributed by atoms with van der Waals surface area (Å²) in [6.07, 6.45) is 5.60. The van der Waals surface area contributed by atoms with Crippen LogP contribution in [0.2, 0.25) is 0 Å². The van der Waals surface area contributed by atoms with Crippen LogP contribution in [-0.2, 0) is 4.79 Å². The summed E-state index contributed by atoms with van der Waals surface area (Å²) in [6.45, 7) is 8.92. The number of rotatable bonds is 3. The molecule has 0 saturated carbocycles. The normalized spacial score (nSPS) is 24.1. The first kappa shape index (κ1) is 14.8. The standard InChI is InChI=1S/C16H30N2O/c1-13(2)15-6-10-18(11-7-15)16(19)12-14-4-8-17(3)9-5-14/h13-15H,4-12H2,1-3H3. The zero-order valence-corrected chi connectivity index (χ0v) is 12.9. The minimum Gasteiger partial charge on any atom is -0.343 e. The van der Waals surface area contributed by atoms with Gasteiger partial charge in [-0.15, -0.1) is 0 Å². The van der Waals surface area contributed by atoms with Gasteiger partial charge in [0, 0.05) is 19.5 Å². The highest BCUT2D eigenvalue weighted by Gasteiger charge is 2.27. The van der Waals surface area contributed by atoms with E-state index in [-0.39, 0.29) is 0 Å². The lowest BCUT2D eigenvalue weighted by Gasteiger charge is -2.35. The zero-order valence-electron chi connectivity index (χ0n) is 12.9. The zero-order chi connectivity index (χ0) is 13.8. The highest BCUT2D eigenvalue weighted by atomic mass is 16.2. The van der Waals surface area contributed by atoms with Gasteiger partial charge in [0.2, 0.25) is 5.91 Å². The number of carbonyl (C=O) groups excluding carboxylic acids is 1. The van der Waals surface area contributed by atoms with Gasteiger partial charge in [-0.25, -0.2) is 0 Å². The smallest absolute Gasteiger partial charge is 0.222 e. The summed E-state index contributed by atoms with van der Waals surface area (Å²) in [4.78, 5) is 16.8. The Balaban J connectivity index is 1.72. The van der Waals surface area contributed by atoms with E-state index >= 15 is 0 Å². The third-order valence-corrected chi connectivity index (χ3v) is 5.14. The highest BCUT2D eigenvalue weighted by molar-refractivity contribution is 5.76. The van der Waals surface area contributed by atoms with E-state index < -0.39 is 0 Å². The first-order valence-corrected chi connectivity index (χ1v) is 8.02. The Hall–Kier alpha value is -0.570. The Morgan fingerprint density at radius 3 is 2.16 bits per heavy atom. The maximum atomic E-state index is 12.3. The molecular weight excluding hydrogens is 236 g/mol. The largest absolute Gasteiger partial charge is 0.343 e. The van der Waals surface area contributed by atoms with Gasteiger partial charge in [0.15, 0.2) is 0 Å². The maximum absolute atomic E-state index is 12.3. The molecule has 2 rings (SSSR count). The Bertz CT molecular complexity index is 287. The fourth-order valence-electron chi connectivity index (χ4n) is 3.46. The van der Waals surface area contributed by atoms with Crippen molar-refractivity contribution in [2.75, 3.05) is 33.2 Å². The molecule has 110 valence electrons. The molecule has 2 aliphatic rings. The summed E-state index contributed by atoms with van der Waals surface area (Å²) in [5.41, 5.74) is 0. The van der Waals surface area contributed by atoms with Crippen molar-refractivity contribution in [3.05, 3.63) is 0 Å². The van der Waals surface area contributed by atoms with Crippen LogP contribution in [0.5, 0.6) is 0 Å². The quantitative estimate of drug-likeness (QED) is 0.784. The van der Waals surface area contributed by atoms with E-state index in [0.717, 1.165) is 44.4 Å². The van der Waals surface area contributed by atoms with Gasteiger partial charge in [-0.05, 0) is 63.6 Å². The molecule has 0 atom stereocenters. The Morgan fingerprint density at radius 1 is 1.05 bits per heavy atom. The second-order valence-corrected chi connectivity index (χ2v) is 6.91. The molecule has 19 heavy (non-hydrogen) atoms. The molecule has 0 aliphatic carbocycles. The molecule has 0 aromatic heterocycles. The van der Waals surface area contributed by atoms with Crippen molar-refractivity contribution in [1.29, 1.82) is 0 Å². The lowest BCUT2D eigenvalue weighted by Crippen LogP contribution is -2.41. The van der Waals surface area contributed by atoms with Crippen LogP contribution in [0.25, 0.3) is 0 Å². The summed E-state index contributed by atoms with van der Waals surface area (Å²) in [6, 6.07) is 0. The van der Waals surface area contributed by atoms with Crippen LogP contribution >= 0.6 is 0 Å². The van der Waals surface area contributed by atoms with E-state index in [1.54, 1.807) is 0 Å². The van der Waals surface area contributed by atoms with Crippen molar-refractivity contribution in [1.82, 2.24) is 9.80 Å². The SMILES string of the molecule is CC(C)C1CCN(C(=O)CC2CCN(C)CC2)CC1. The lowest BCUT2D eigenvalue weighted by molar-refractivity contribution is -0.134. The molecule has 3 heteroatoms. The van der Waals surface area contributed by atoms with Crippen molar-refractivity contribution in [3.8, 4) is 0 Å². The third-order valence-electron chi connectivity index (χ3n) is 5.14. The summed E-state index contributed by atoms with van der Waals surface area (Å²) < 4.78 is 0. The summed E-state index contributed by atoms with van der Waals surface area (Å²) >= 11 is 0. The molecule has 3 nitrogen and oxygen atoms in total. The molecule has 1 amide bonds. The van der Waals surface area contributed by atoms with E-state index in [0.29, 0.717) is 11.8 Å². The van der Waals surface area contributed by atoms with Crippen molar-refractivity contribution in [2.45, 2.75) is 46.0 Å². The molecule has 2 fully saturated rings. The minimum atomic E-state index is 0.414. The third kappa shape index (κ3) is 4.20. The van der Waals surface area contributed by atoms with Crippen molar-refractivity contribution >= 4 is 5.91 Å². The first-order valence-electron chi connectivity index (χ1n) is 8.02. The molecule has 2 saturated heterocycles. The van der Waals surface area contributed by atoms with Crippen molar-refractivity contribution in [3.63, 3.8) is 0 Å². The van der Waals surface area contributed by atoms with Crippen LogP contribution in [0.3, 0.4) is 0 Å². The van der Waals surface area contributed by atoms with Crippen LogP contribution < -0.4 is 0 Å². The number of hydrogen-bond acceptors (Lipinski definition) is 2. The van der Waals surface area contributed by atoms with Gasteiger partial charge in [-0.3, -0.25) is 4.79 Å². The van der Waals surface area contributed by atoms with E-state index in [2.05, 4.69) is 30.7 Å². The second kappa shape index (κ2) is 6.74. The van der Waals surface area contributed by atoms with Gasteiger partial charge in [-0.1, -0.05) is 13.8 Å². The lowest BCUT2D eigenvalue weighted by atomic mass is 9.86. The van der Waals surface area contributed by atoms with E-state index in [1.165, 1.54) is 25.7 Å². The Kier molecular flexibility index (Phi) is 5.26. The molecule has 0 bridgehead atoms. The molecule has 0 aromatic rings. The van der Waals surface area contributed by atoms with Crippen LogP contribution in [0, 0.1) is 17.8 Å². The number of carbonyl (C=O) groups is 1.